The minimum atomic E-state index is 0.349. The van der Waals surface area contributed by atoms with Gasteiger partial charge in [0.2, 0.25) is 0 Å². The third kappa shape index (κ3) is 5.25. The molecule has 1 heteroatoms. The van der Waals surface area contributed by atoms with E-state index in [4.69, 9.17) is 5.11 Å². The van der Waals surface area contributed by atoms with E-state index < -0.39 is 0 Å². The van der Waals surface area contributed by atoms with Crippen LogP contribution >= 0.6 is 0 Å². The van der Waals surface area contributed by atoms with Crippen molar-refractivity contribution >= 4 is 0 Å². The molecule has 0 saturated heterocycles. The van der Waals surface area contributed by atoms with E-state index in [2.05, 4.69) is 20.8 Å². The molecule has 0 rings (SSSR count). The molecule has 1 nitrogen and oxygen atoms in total. The van der Waals surface area contributed by atoms with E-state index in [-0.39, 0.29) is 0 Å². The fraction of sp³-hybridized carbons (Fsp3) is 1.00. The zero-order chi connectivity index (χ0) is 8.69. The van der Waals surface area contributed by atoms with Gasteiger partial charge in [-0.3, -0.25) is 0 Å². The molecule has 68 valence electrons. The first kappa shape index (κ1) is 11.0. The number of aliphatic hydroxyl groups excluding tert-OH is 1. The van der Waals surface area contributed by atoms with Crippen LogP contribution in [0.4, 0.5) is 0 Å². The zero-order valence-corrected chi connectivity index (χ0v) is 8.14. The normalized spacial score (nSPS) is 13.9. The van der Waals surface area contributed by atoms with Gasteiger partial charge in [-0.25, -0.2) is 0 Å². The minimum Gasteiger partial charge on any atom is -0.396 e. The van der Waals surface area contributed by atoms with Crippen LogP contribution in [0, 0.1) is 11.8 Å². The molecule has 0 heterocycles. The van der Waals surface area contributed by atoms with E-state index in [1.165, 1.54) is 19.3 Å². The molecular formula is C10H22O. The summed E-state index contributed by atoms with van der Waals surface area (Å²) < 4.78 is 0. The van der Waals surface area contributed by atoms with Crippen LogP contribution in [0.2, 0.25) is 0 Å². The van der Waals surface area contributed by atoms with Gasteiger partial charge in [-0.1, -0.05) is 33.6 Å². The van der Waals surface area contributed by atoms with Crippen LogP contribution in [0.5, 0.6) is 0 Å². The molecule has 0 aromatic heterocycles. The average molecular weight is 158 g/mol. The van der Waals surface area contributed by atoms with Crippen molar-refractivity contribution in [1.82, 2.24) is 0 Å². The molecule has 0 aliphatic heterocycles. The minimum absolute atomic E-state index is 0.349. The van der Waals surface area contributed by atoms with E-state index in [1.54, 1.807) is 0 Å². The lowest BCUT2D eigenvalue weighted by molar-refractivity contribution is 0.243. The third-order valence-corrected chi connectivity index (χ3v) is 2.51. The van der Waals surface area contributed by atoms with Gasteiger partial charge in [-0.2, -0.15) is 0 Å². The largest absolute Gasteiger partial charge is 0.396 e. The van der Waals surface area contributed by atoms with Gasteiger partial charge in [-0.15, -0.1) is 0 Å². The highest BCUT2D eigenvalue weighted by Crippen LogP contribution is 2.20. The molecule has 0 aromatic carbocycles. The maximum absolute atomic E-state index is 8.69. The zero-order valence-electron chi connectivity index (χ0n) is 8.14. The van der Waals surface area contributed by atoms with Crippen molar-refractivity contribution in [3.8, 4) is 0 Å². The molecule has 0 fully saturated rings. The van der Waals surface area contributed by atoms with E-state index >= 15 is 0 Å². The summed E-state index contributed by atoms with van der Waals surface area (Å²) in [4.78, 5) is 0. The summed E-state index contributed by atoms with van der Waals surface area (Å²) in [6.07, 6.45) is 4.82. The first-order valence-electron chi connectivity index (χ1n) is 4.85. The maximum Gasteiger partial charge on any atom is 0.0433 e. The smallest absolute Gasteiger partial charge is 0.0433 e. The van der Waals surface area contributed by atoms with Crippen LogP contribution in [0.1, 0.15) is 46.5 Å². The summed E-state index contributed by atoms with van der Waals surface area (Å²) in [5.41, 5.74) is 0. The van der Waals surface area contributed by atoms with Crippen LogP contribution in [0.25, 0.3) is 0 Å². The predicted molar refractivity (Wildman–Crippen MR) is 49.6 cm³/mol. The van der Waals surface area contributed by atoms with Gasteiger partial charge in [0.25, 0.3) is 0 Å². The van der Waals surface area contributed by atoms with Crippen molar-refractivity contribution in [2.24, 2.45) is 11.8 Å². The molecule has 0 aromatic rings. The highest BCUT2D eigenvalue weighted by Gasteiger charge is 2.08. The molecule has 0 spiro atoms. The van der Waals surface area contributed by atoms with Gasteiger partial charge in [-0.05, 0) is 24.7 Å². The average Bonchev–Trinajstić information content (AvgIpc) is 2.01. The standard InChI is InChI=1S/C10H22O/c1-4-10(5-2)8-9(3)6-7-11/h9-11H,4-8H2,1-3H3. The molecule has 11 heavy (non-hydrogen) atoms. The Kier molecular flexibility index (Phi) is 6.63. The van der Waals surface area contributed by atoms with Crippen LogP contribution in [0.3, 0.4) is 0 Å². The summed E-state index contributed by atoms with van der Waals surface area (Å²) in [5, 5.41) is 8.69. The third-order valence-electron chi connectivity index (χ3n) is 2.51. The van der Waals surface area contributed by atoms with Gasteiger partial charge in [0.15, 0.2) is 0 Å². The molecule has 1 unspecified atom stereocenters. The van der Waals surface area contributed by atoms with Crippen molar-refractivity contribution < 1.29 is 5.11 Å². The van der Waals surface area contributed by atoms with Crippen LogP contribution in [0.15, 0.2) is 0 Å². The highest BCUT2D eigenvalue weighted by atomic mass is 16.2. The Labute approximate surface area is 70.8 Å². The van der Waals surface area contributed by atoms with Gasteiger partial charge in [0.1, 0.15) is 0 Å². The van der Waals surface area contributed by atoms with Crippen molar-refractivity contribution in [2.75, 3.05) is 6.61 Å². The first-order chi connectivity index (χ1) is 5.24. The Bertz CT molecular complexity index is 76.9. The fourth-order valence-electron chi connectivity index (χ4n) is 1.53. The van der Waals surface area contributed by atoms with Crippen LogP contribution < -0.4 is 0 Å². The summed E-state index contributed by atoms with van der Waals surface area (Å²) in [6.45, 7) is 7.08. The molecule has 0 saturated carbocycles. The molecular weight excluding hydrogens is 136 g/mol. The van der Waals surface area contributed by atoms with Crippen molar-refractivity contribution in [3.05, 3.63) is 0 Å². The SMILES string of the molecule is CCC(CC)CC(C)CCO. The van der Waals surface area contributed by atoms with E-state index in [0.29, 0.717) is 12.5 Å². The first-order valence-corrected chi connectivity index (χ1v) is 4.85. The molecule has 0 aliphatic carbocycles. The molecule has 1 atom stereocenters. The summed E-state index contributed by atoms with van der Waals surface area (Å²) >= 11 is 0. The van der Waals surface area contributed by atoms with E-state index in [9.17, 15) is 0 Å². The predicted octanol–water partition coefficient (Wildman–Crippen LogP) is 2.83. The lowest BCUT2D eigenvalue weighted by Gasteiger charge is -2.16. The monoisotopic (exact) mass is 158 g/mol. The number of rotatable bonds is 6. The Hall–Kier alpha value is -0.0400. The number of hydrogen-bond acceptors (Lipinski definition) is 1. The quantitative estimate of drug-likeness (QED) is 0.630. The van der Waals surface area contributed by atoms with Gasteiger partial charge in [0.05, 0.1) is 0 Å². The molecule has 0 aliphatic rings. The van der Waals surface area contributed by atoms with Crippen molar-refractivity contribution in [3.63, 3.8) is 0 Å². The van der Waals surface area contributed by atoms with Gasteiger partial charge in [0, 0.05) is 6.61 Å². The molecule has 0 bridgehead atoms. The summed E-state index contributed by atoms with van der Waals surface area (Å²) in [7, 11) is 0. The van der Waals surface area contributed by atoms with Crippen molar-refractivity contribution in [2.45, 2.75) is 46.5 Å². The van der Waals surface area contributed by atoms with Crippen LogP contribution in [-0.4, -0.2) is 11.7 Å². The van der Waals surface area contributed by atoms with Crippen LogP contribution in [-0.2, 0) is 0 Å². The van der Waals surface area contributed by atoms with E-state index in [1.807, 2.05) is 0 Å². The maximum atomic E-state index is 8.69. The highest BCUT2D eigenvalue weighted by molar-refractivity contribution is 4.60. The second-order valence-electron chi connectivity index (χ2n) is 3.54. The number of hydrogen-bond donors (Lipinski definition) is 1. The Morgan fingerprint density at radius 2 is 1.73 bits per heavy atom. The second-order valence-corrected chi connectivity index (χ2v) is 3.54. The number of aliphatic hydroxyl groups is 1. The molecule has 1 N–H and O–H groups in total. The molecule has 0 amide bonds. The lowest BCUT2D eigenvalue weighted by atomic mass is 9.90. The lowest BCUT2D eigenvalue weighted by Crippen LogP contribution is -2.06. The van der Waals surface area contributed by atoms with Crippen molar-refractivity contribution in [1.29, 1.82) is 0 Å². The summed E-state index contributed by atoms with van der Waals surface area (Å²) in [6, 6.07) is 0. The Balaban J connectivity index is 3.44. The second kappa shape index (κ2) is 6.66. The fourth-order valence-corrected chi connectivity index (χ4v) is 1.53. The van der Waals surface area contributed by atoms with Gasteiger partial charge < -0.3 is 5.11 Å². The Morgan fingerprint density at radius 3 is 2.09 bits per heavy atom. The Morgan fingerprint density at radius 1 is 1.18 bits per heavy atom. The summed E-state index contributed by atoms with van der Waals surface area (Å²) in [5.74, 6) is 1.57. The van der Waals surface area contributed by atoms with Gasteiger partial charge >= 0.3 is 0 Å². The van der Waals surface area contributed by atoms with E-state index in [0.717, 1.165) is 12.3 Å². The molecule has 0 radical (unpaired) electrons. The topological polar surface area (TPSA) is 20.2 Å².